The standard InChI is InChI=1S/C15H15N3O3/c16-13(10-4-2-1-3-5-10)14(19)18-11-6-8-12(9-7-11)21-15(17)20/h1-9,13H,16H2,(H2,17,20)(H,18,19)/t13-/m0/s1. The average Bonchev–Trinajstić information content (AvgIpc) is 2.49. The molecule has 2 amide bonds. The van der Waals surface area contributed by atoms with Gasteiger partial charge in [0.05, 0.1) is 0 Å². The molecule has 0 aliphatic rings. The monoisotopic (exact) mass is 285 g/mol. The first-order valence-corrected chi connectivity index (χ1v) is 6.25. The van der Waals surface area contributed by atoms with Crippen LogP contribution >= 0.6 is 0 Å². The lowest BCUT2D eigenvalue weighted by Crippen LogP contribution is -2.27. The summed E-state index contributed by atoms with van der Waals surface area (Å²) in [6.45, 7) is 0. The van der Waals surface area contributed by atoms with E-state index in [2.05, 4.69) is 5.32 Å². The molecule has 6 heteroatoms. The highest BCUT2D eigenvalue weighted by Crippen LogP contribution is 2.17. The Morgan fingerprint density at radius 1 is 1.00 bits per heavy atom. The zero-order chi connectivity index (χ0) is 15.2. The molecule has 0 spiro atoms. The Labute approximate surface area is 121 Å². The molecule has 0 unspecified atom stereocenters. The highest BCUT2D eigenvalue weighted by molar-refractivity contribution is 5.95. The molecule has 2 rings (SSSR count). The van der Waals surface area contributed by atoms with Crippen LogP contribution in [0.1, 0.15) is 11.6 Å². The number of hydrogen-bond acceptors (Lipinski definition) is 4. The van der Waals surface area contributed by atoms with Gasteiger partial charge in [0.2, 0.25) is 5.91 Å². The van der Waals surface area contributed by atoms with Gasteiger partial charge < -0.3 is 21.5 Å². The summed E-state index contributed by atoms with van der Waals surface area (Å²) in [6.07, 6.45) is -0.891. The lowest BCUT2D eigenvalue weighted by molar-refractivity contribution is -0.117. The van der Waals surface area contributed by atoms with Crippen LogP contribution in [0.2, 0.25) is 0 Å². The van der Waals surface area contributed by atoms with Gasteiger partial charge in [-0.2, -0.15) is 0 Å². The fourth-order valence-corrected chi connectivity index (χ4v) is 1.75. The second-order valence-corrected chi connectivity index (χ2v) is 4.32. The summed E-state index contributed by atoms with van der Waals surface area (Å²) in [5, 5.41) is 2.69. The quantitative estimate of drug-likeness (QED) is 0.795. The molecule has 0 fully saturated rings. The van der Waals surface area contributed by atoms with Crippen LogP contribution < -0.4 is 21.5 Å². The van der Waals surface area contributed by atoms with E-state index in [1.807, 2.05) is 18.2 Å². The van der Waals surface area contributed by atoms with E-state index in [0.717, 1.165) is 5.56 Å². The second-order valence-electron chi connectivity index (χ2n) is 4.32. The minimum absolute atomic E-state index is 0.299. The minimum atomic E-state index is -0.891. The third kappa shape index (κ3) is 4.05. The molecule has 0 aliphatic carbocycles. The molecule has 5 N–H and O–H groups in total. The summed E-state index contributed by atoms with van der Waals surface area (Å²) in [5.41, 5.74) is 12.1. The minimum Gasteiger partial charge on any atom is -0.411 e. The van der Waals surface area contributed by atoms with E-state index < -0.39 is 12.1 Å². The Bertz CT molecular complexity index is 626. The number of anilines is 1. The first-order valence-electron chi connectivity index (χ1n) is 6.25. The Balaban J connectivity index is 2.01. The topological polar surface area (TPSA) is 107 Å². The van der Waals surface area contributed by atoms with Crippen LogP contribution in [0.3, 0.4) is 0 Å². The van der Waals surface area contributed by atoms with Gasteiger partial charge in [0, 0.05) is 5.69 Å². The number of ether oxygens (including phenoxy) is 1. The van der Waals surface area contributed by atoms with Gasteiger partial charge >= 0.3 is 6.09 Å². The molecular weight excluding hydrogens is 270 g/mol. The van der Waals surface area contributed by atoms with E-state index in [4.69, 9.17) is 16.2 Å². The maximum absolute atomic E-state index is 12.0. The molecule has 0 saturated carbocycles. The van der Waals surface area contributed by atoms with Gasteiger partial charge in [0.25, 0.3) is 0 Å². The van der Waals surface area contributed by atoms with Crippen molar-refractivity contribution in [2.24, 2.45) is 11.5 Å². The Morgan fingerprint density at radius 3 is 2.19 bits per heavy atom. The maximum atomic E-state index is 12.0. The average molecular weight is 285 g/mol. The van der Waals surface area contributed by atoms with Crippen LogP contribution in [0.5, 0.6) is 5.75 Å². The molecule has 0 heterocycles. The first kappa shape index (κ1) is 14.5. The third-order valence-corrected chi connectivity index (χ3v) is 2.78. The summed E-state index contributed by atoms with van der Waals surface area (Å²) in [5.74, 6) is -0.0300. The van der Waals surface area contributed by atoms with Gasteiger partial charge in [-0.05, 0) is 29.8 Å². The summed E-state index contributed by atoms with van der Waals surface area (Å²) >= 11 is 0. The number of amides is 2. The lowest BCUT2D eigenvalue weighted by atomic mass is 10.1. The van der Waals surface area contributed by atoms with Crippen LogP contribution in [-0.4, -0.2) is 12.0 Å². The number of rotatable bonds is 4. The number of nitrogens with two attached hydrogens (primary N) is 2. The predicted octanol–water partition coefficient (Wildman–Crippen LogP) is 1.78. The zero-order valence-corrected chi connectivity index (χ0v) is 11.2. The van der Waals surface area contributed by atoms with Crippen molar-refractivity contribution in [1.82, 2.24) is 0 Å². The van der Waals surface area contributed by atoms with E-state index in [1.165, 1.54) is 12.1 Å². The van der Waals surface area contributed by atoms with Gasteiger partial charge in [-0.1, -0.05) is 30.3 Å². The van der Waals surface area contributed by atoms with Crippen molar-refractivity contribution in [3.05, 3.63) is 60.2 Å². The van der Waals surface area contributed by atoms with Gasteiger partial charge in [-0.15, -0.1) is 0 Å². The first-order chi connectivity index (χ1) is 10.1. The molecular formula is C15H15N3O3. The maximum Gasteiger partial charge on any atom is 0.409 e. The SMILES string of the molecule is NC(=O)Oc1ccc(NC(=O)[C@@H](N)c2ccccc2)cc1. The predicted molar refractivity (Wildman–Crippen MR) is 78.7 cm³/mol. The second kappa shape index (κ2) is 6.53. The number of carbonyl (C=O) groups excluding carboxylic acids is 2. The molecule has 1 atom stereocenters. The third-order valence-electron chi connectivity index (χ3n) is 2.78. The van der Waals surface area contributed by atoms with E-state index in [1.54, 1.807) is 24.3 Å². The lowest BCUT2D eigenvalue weighted by Gasteiger charge is -2.12. The largest absolute Gasteiger partial charge is 0.411 e. The van der Waals surface area contributed by atoms with Crippen LogP contribution in [0.25, 0.3) is 0 Å². The summed E-state index contributed by atoms with van der Waals surface area (Å²) in [4.78, 5) is 22.6. The van der Waals surface area contributed by atoms with Crippen LogP contribution in [-0.2, 0) is 4.79 Å². The van der Waals surface area contributed by atoms with Crippen LogP contribution in [0.4, 0.5) is 10.5 Å². The van der Waals surface area contributed by atoms with Crippen molar-refractivity contribution in [2.75, 3.05) is 5.32 Å². The molecule has 6 nitrogen and oxygen atoms in total. The smallest absolute Gasteiger partial charge is 0.409 e. The fraction of sp³-hybridized carbons (Fsp3) is 0.0667. The Kier molecular flexibility index (Phi) is 4.53. The Morgan fingerprint density at radius 2 is 1.62 bits per heavy atom. The number of benzene rings is 2. The van der Waals surface area contributed by atoms with Crippen molar-refractivity contribution in [3.63, 3.8) is 0 Å². The molecule has 0 aliphatic heterocycles. The highest BCUT2D eigenvalue weighted by Gasteiger charge is 2.15. The van der Waals surface area contributed by atoms with Gasteiger partial charge in [0.1, 0.15) is 11.8 Å². The number of nitrogens with one attached hydrogen (secondary N) is 1. The summed E-state index contributed by atoms with van der Waals surface area (Å²) in [7, 11) is 0. The zero-order valence-electron chi connectivity index (χ0n) is 11.2. The van der Waals surface area contributed by atoms with Crippen molar-refractivity contribution < 1.29 is 14.3 Å². The molecule has 2 aromatic rings. The van der Waals surface area contributed by atoms with Gasteiger partial charge in [-0.3, -0.25) is 4.79 Å². The number of carbonyl (C=O) groups is 2. The van der Waals surface area contributed by atoms with Crippen molar-refractivity contribution in [2.45, 2.75) is 6.04 Å². The molecule has 0 saturated heterocycles. The van der Waals surface area contributed by atoms with E-state index in [-0.39, 0.29) is 5.91 Å². The summed E-state index contributed by atoms with van der Waals surface area (Å²) < 4.78 is 4.69. The highest BCUT2D eigenvalue weighted by atomic mass is 16.5. The molecule has 108 valence electrons. The molecule has 0 bridgehead atoms. The molecule has 2 aromatic carbocycles. The van der Waals surface area contributed by atoms with Crippen molar-refractivity contribution in [3.8, 4) is 5.75 Å². The van der Waals surface area contributed by atoms with E-state index in [0.29, 0.717) is 11.4 Å². The van der Waals surface area contributed by atoms with Crippen molar-refractivity contribution >= 4 is 17.7 Å². The molecule has 21 heavy (non-hydrogen) atoms. The van der Waals surface area contributed by atoms with E-state index in [9.17, 15) is 9.59 Å². The van der Waals surface area contributed by atoms with Crippen LogP contribution in [0.15, 0.2) is 54.6 Å². The van der Waals surface area contributed by atoms with Gasteiger partial charge in [-0.25, -0.2) is 4.79 Å². The summed E-state index contributed by atoms with van der Waals surface area (Å²) in [6, 6.07) is 14.5. The number of primary amides is 1. The molecule has 0 radical (unpaired) electrons. The van der Waals surface area contributed by atoms with Crippen molar-refractivity contribution in [1.29, 1.82) is 0 Å². The normalized spacial score (nSPS) is 11.5. The fourth-order valence-electron chi connectivity index (χ4n) is 1.75. The van der Waals surface area contributed by atoms with Crippen LogP contribution in [0, 0.1) is 0 Å². The molecule has 0 aromatic heterocycles. The number of hydrogen-bond donors (Lipinski definition) is 3. The Hall–Kier alpha value is -2.86. The van der Waals surface area contributed by atoms with Gasteiger partial charge in [0.15, 0.2) is 0 Å². The van der Waals surface area contributed by atoms with E-state index >= 15 is 0 Å².